The highest BCUT2D eigenvalue weighted by Crippen LogP contribution is 2.15. The average molecular weight is 210 g/mol. The maximum absolute atomic E-state index is 11.1. The molecular weight excluding hydrogens is 196 g/mol. The van der Waals surface area contributed by atoms with Crippen molar-refractivity contribution < 1.29 is 4.79 Å². The van der Waals surface area contributed by atoms with Crippen LogP contribution in [0.1, 0.15) is 22.5 Å². The Hall–Kier alpha value is -1.16. The Morgan fingerprint density at radius 3 is 2.79 bits per heavy atom. The number of rotatable bonds is 3. The maximum Gasteiger partial charge on any atom is 0.243 e. The molecule has 4 heteroatoms. The lowest BCUT2D eigenvalue weighted by Gasteiger charge is -1.96. The van der Waals surface area contributed by atoms with Crippen LogP contribution in [0, 0.1) is 13.8 Å². The zero-order valence-corrected chi connectivity index (χ0v) is 9.44. The molecule has 3 nitrogen and oxygen atoms in total. The molecule has 0 atom stereocenters. The second kappa shape index (κ2) is 4.91. The Labute approximate surface area is 87.9 Å². The van der Waals surface area contributed by atoms with Gasteiger partial charge in [0.15, 0.2) is 0 Å². The van der Waals surface area contributed by atoms with E-state index in [1.807, 2.05) is 20.8 Å². The fourth-order valence-electron chi connectivity index (χ4n) is 0.988. The molecule has 14 heavy (non-hydrogen) atoms. The van der Waals surface area contributed by atoms with Crippen molar-refractivity contribution in [1.29, 1.82) is 0 Å². The van der Waals surface area contributed by atoms with E-state index in [4.69, 9.17) is 0 Å². The third kappa shape index (κ3) is 2.96. The van der Waals surface area contributed by atoms with Crippen LogP contribution < -0.4 is 5.32 Å². The minimum atomic E-state index is -0.0713. The molecule has 1 amide bonds. The molecule has 1 rings (SSSR count). The number of nitrogens with zero attached hydrogens (tertiary/aromatic N) is 1. The van der Waals surface area contributed by atoms with Gasteiger partial charge in [-0.1, -0.05) is 6.08 Å². The van der Waals surface area contributed by atoms with Gasteiger partial charge in [0.1, 0.15) is 5.01 Å². The summed E-state index contributed by atoms with van der Waals surface area (Å²) < 4.78 is 0. The van der Waals surface area contributed by atoms with Gasteiger partial charge < -0.3 is 5.32 Å². The second-order valence-electron chi connectivity index (χ2n) is 2.97. The number of hydrogen-bond donors (Lipinski definition) is 1. The monoisotopic (exact) mass is 210 g/mol. The van der Waals surface area contributed by atoms with Crippen molar-refractivity contribution in [3.63, 3.8) is 0 Å². The number of carbonyl (C=O) groups excluding carboxylic acids is 1. The highest BCUT2D eigenvalue weighted by Gasteiger charge is 2.03. The van der Waals surface area contributed by atoms with E-state index in [9.17, 15) is 4.79 Å². The predicted octanol–water partition coefficient (Wildman–Crippen LogP) is 1.95. The van der Waals surface area contributed by atoms with Crippen molar-refractivity contribution in [2.24, 2.45) is 0 Å². The van der Waals surface area contributed by atoms with Crippen LogP contribution in [0.3, 0.4) is 0 Å². The first-order valence-corrected chi connectivity index (χ1v) is 5.28. The Kier molecular flexibility index (Phi) is 3.83. The van der Waals surface area contributed by atoms with Crippen LogP contribution in [0.4, 0.5) is 0 Å². The number of aromatic nitrogens is 1. The van der Waals surface area contributed by atoms with Crippen LogP contribution in [0.15, 0.2) is 12.2 Å². The maximum atomic E-state index is 11.1. The summed E-state index contributed by atoms with van der Waals surface area (Å²) >= 11 is 1.62. The normalized spacial score (nSPS) is 10.8. The van der Waals surface area contributed by atoms with Gasteiger partial charge >= 0.3 is 0 Å². The highest BCUT2D eigenvalue weighted by atomic mass is 32.1. The molecular formula is C10H14N2OS. The van der Waals surface area contributed by atoms with Gasteiger partial charge in [0.05, 0.1) is 12.2 Å². The third-order valence-corrected chi connectivity index (χ3v) is 2.88. The van der Waals surface area contributed by atoms with Gasteiger partial charge in [-0.05, 0) is 26.8 Å². The molecule has 0 spiro atoms. The fraction of sp³-hybridized carbons (Fsp3) is 0.400. The van der Waals surface area contributed by atoms with Gasteiger partial charge in [0.25, 0.3) is 0 Å². The van der Waals surface area contributed by atoms with Gasteiger partial charge in [-0.25, -0.2) is 4.98 Å². The third-order valence-electron chi connectivity index (χ3n) is 1.80. The van der Waals surface area contributed by atoms with E-state index in [0.717, 1.165) is 10.7 Å². The first-order valence-electron chi connectivity index (χ1n) is 4.47. The van der Waals surface area contributed by atoms with Gasteiger partial charge in [-0.15, -0.1) is 11.3 Å². The van der Waals surface area contributed by atoms with Crippen LogP contribution in [0.2, 0.25) is 0 Å². The summed E-state index contributed by atoms with van der Waals surface area (Å²) in [5.41, 5.74) is 1.05. The summed E-state index contributed by atoms with van der Waals surface area (Å²) in [5.74, 6) is -0.0713. The Bertz CT molecular complexity index is 336. The lowest BCUT2D eigenvalue weighted by Crippen LogP contribution is -2.19. The zero-order chi connectivity index (χ0) is 10.6. The molecule has 1 N–H and O–H groups in total. The van der Waals surface area contributed by atoms with Gasteiger partial charge in [-0.2, -0.15) is 0 Å². The van der Waals surface area contributed by atoms with E-state index in [2.05, 4.69) is 10.3 Å². The second-order valence-corrected chi connectivity index (χ2v) is 4.25. The Morgan fingerprint density at radius 2 is 2.29 bits per heavy atom. The van der Waals surface area contributed by atoms with Crippen molar-refractivity contribution >= 4 is 17.2 Å². The number of nitrogens with one attached hydrogen (secondary N) is 1. The molecule has 0 bridgehead atoms. The summed E-state index contributed by atoms with van der Waals surface area (Å²) in [6.07, 6.45) is 3.22. The number of aryl methyl sites for hydroxylation is 2. The quantitative estimate of drug-likeness (QED) is 0.775. The van der Waals surface area contributed by atoms with Crippen LogP contribution >= 0.6 is 11.3 Å². The van der Waals surface area contributed by atoms with E-state index in [-0.39, 0.29) is 5.91 Å². The molecule has 0 aliphatic carbocycles. The van der Waals surface area contributed by atoms with E-state index < -0.39 is 0 Å². The zero-order valence-electron chi connectivity index (χ0n) is 8.63. The Morgan fingerprint density at radius 1 is 1.57 bits per heavy atom. The molecule has 0 aromatic carbocycles. The lowest BCUT2D eigenvalue weighted by molar-refractivity contribution is -0.116. The molecule has 76 valence electrons. The highest BCUT2D eigenvalue weighted by molar-refractivity contribution is 7.11. The smallest absolute Gasteiger partial charge is 0.243 e. The summed E-state index contributed by atoms with van der Waals surface area (Å²) in [6, 6.07) is 0. The molecule has 1 heterocycles. The number of allylic oxidation sites excluding steroid dienone is 1. The molecule has 0 aliphatic heterocycles. The standard InChI is InChI=1S/C10H14N2OS/c1-4-5-9(13)11-6-10-12-7(2)8(3)14-10/h4-5H,6H2,1-3H3,(H,11,13)/b5-4+. The van der Waals surface area contributed by atoms with E-state index >= 15 is 0 Å². The van der Waals surface area contributed by atoms with E-state index in [1.165, 1.54) is 11.0 Å². The van der Waals surface area contributed by atoms with Crippen LogP contribution in [0.25, 0.3) is 0 Å². The SMILES string of the molecule is C/C=C/C(=O)NCc1nc(C)c(C)s1. The van der Waals surface area contributed by atoms with E-state index in [0.29, 0.717) is 6.54 Å². The van der Waals surface area contributed by atoms with Crippen LogP contribution in [-0.2, 0) is 11.3 Å². The minimum absolute atomic E-state index is 0.0713. The van der Waals surface area contributed by atoms with Crippen molar-refractivity contribution in [3.8, 4) is 0 Å². The van der Waals surface area contributed by atoms with Crippen LogP contribution in [0.5, 0.6) is 0 Å². The fourth-order valence-corrected chi connectivity index (χ4v) is 1.86. The van der Waals surface area contributed by atoms with Gasteiger partial charge in [-0.3, -0.25) is 4.79 Å². The molecule has 0 saturated heterocycles. The molecule has 1 aromatic heterocycles. The van der Waals surface area contributed by atoms with Crippen molar-refractivity contribution in [1.82, 2.24) is 10.3 Å². The Balaban J connectivity index is 2.50. The number of thiazole rings is 1. The van der Waals surface area contributed by atoms with Gasteiger partial charge in [0.2, 0.25) is 5.91 Å². The topological polar surface area (TPSA) is 42.0 Å². The molecule has 0 saturated carbocycles. The van der Waals surface area contributed by atoms with E-state index in [1.54, 1.807) is 17.4 Å². The predicted molar refractivity (Wildman–Crippen MR) is 58.2 cm³/mol. The average Bonchev–Trinajstić information content (AvgIpc) is 2.44. The van der Waals surface area contributed by atoms with Crippen LogP contribution in [-0.4, -0.2) is 10.9 Å². The summed E-state index contributed by atoms with van der Waals surface area (Å²) in [4.78, 5) is 16.6. The lowest BCUT2D eigenvalue weighted by atomic mass is 10.4. The number of amides is 1. The molecule has 0 radical (unpaired) electrons. The van der Waals surface area contributed by atoms with Crippen molar-refractivity contribution in [3.05, 3.63) is 27.7 Å². The summed E-state index contributed by atoms with van der Waals surface area (Å²) in [5, 5.41) is 3.72. The number of hydrogen-bond acceptors (Lipinski definition) is 3. The molecule has 0 unspecified atom stereocenters. The largest absolute Gasteiger partial charge is 0.346 e. The molecule has 0 fully saturated rings. The first kappa shape index (κ1) is 10.9. The van der Waals surface area contributed by atoms with Crippen molar-refractivity contribution in [2.45, 2.75) is 27.3 Å². The first-order chi connectivity index (χ1) is 6.63. The molecule has 0 aliphatic rings. The number of carbonyl (C=O) groups is 1. The van der Waals surface area contributed by atoms with Crippen molar-refractivity contribution in [2.75, 3.05) is 0 Å². The van der Waals surface area contributed by atoms with Gasteiger partial charge in [0, 0.05) is 4.88 Å². The molecule has 1 aromatic rings. The minimum Gasteiger partial charge on any atom is -0.346 e. The summed E-state index contributed by atoms with van der Waals surface area (Å²) in [7, 11) is 0. The summed E-state index contributed by atoms with van der Waals surface area (Å²) in [6.45, 7) is 6.34.